The molecule has 0 aromatic carbocycles. The molecule has 0 aromatic rings. The molecule has 7 atom stereocenters. The zero-order valence-corrected chi connectivity index (χ0v) is 11.7. The van der Waals surface area contributed by atoms with Crippen molar-refractivity contribution in [3.8, 4) is 0 Å². The fourth-order valence-electron chi connectivity index (χ4n) is 6.22. The summed E-state index contributed by atoms with van der Waals surface area (Å²) in [5.41, 5.74) is -0.482. The summed E-state index contributed by atoms with van der Waals surface area (Å²) in [6.07, 6.45) is 2.02. The van der Waals surface area contributed by atoms with Crippen LogP contribution >= 0.6 is 0 Å². The number of aliphatic hydroxyl groups is 2. The first-order valence-corrected chi connectivity index (χ1v) is 7.06. The molecule has 3 fully saturated rings. The standard InChI is InChI=1S/C15H26O2/c1-8-6-7-9-13(2,3)11-10(14(8,9)4)12(16)15(11,5)17/h8-12,16-17H,6-7H2,1-5H3/t8-,9+,10-,11?,12?,14-,15?/m1/s1. The Bertz CT molecular complexity index is 360. The third-order valence-corrected chi connectivity index (χ3v) is 7.05. The second-order valence-electron chi connectivity index (χ2n) is 7.89. The second-order valence-corrected chi connectivity index (χ2v) is 7.89. The van der Waals surface area contributed by atoms with Crippen LogP contribution in [0.3, 0.4) is 0 Å². The molecule has 98 valence electrons. The Hall–Kier alpha value is -0.0800. The summed E-state index contributed by atoms with van der Waals surface area (Å²) in [7, 11) is 0. The Balaban J connectivity index is 2.10. The summed E-state index contributed by atoms with van der Waals surface area (Å²) in [6, 6.07) is 0. The molecular weight excluding hydrogens is 212 g/mol. The molecule has 3 aliphatic rings. The molecule has 3 unspecified atom stereocenters. The van der Waals surface area contributed by atoms with Crippen LogP contribution in [0.25, 0.3) is 0 Å². The predicted octanol–water partition coefficient (Wildman–Crippen LogP) is 2.44. The zero-order valence-electron chi connectivity index (χ0n) is 11.7. The lowest BCUT2D eigenvalue weighted by Gasteiger charge is -2.59. The molecule has 3 aliphatic carbocycles. The van der Waals surface area contributed by atoms with Crippen LogP contribution in [-0.4, -0.2) is 21.9 Å². The van der Waals surface area contributed by atoms with Crippen molar-refractivity contribution in [2.24, 2.45) is 34.5 Å². The Labute approximate surface area is 104 Å². The van der Waals surface area contributed by atoms with Gasteiger partial charge in [0.15, 0.2) is 0 Å². The molecule has 0 bridgehead atoms. The molecule has 0 spiro atoms. The molecule has 0 radical (unpaired) electrons. The molecule has 2 heteroatoms. The molecule has 0 aromatic heterocycles. The van der Waals surface area contributed by atoms with E-state index in [2.05, 4.69) is 27.7 Å². The van der Waals surface area contributed by atoms with Gasteiger partial charge in [0.05, 0.1) is 11.7 Å². The summed E-state index contributed by atoms with van der Waals surface area (Å²) in [5, 5.41) is 20.9. The first-order chi connectivity index (χ1) is 7.66. The number of hydrogen-bond acceptors (Lipinski definition) is 2. The van der Waals surface area contributed by atoms with E-state index in [1.165, 1.54) is 12.8 Å². The van der Waals surface area contributed by atoms with E-state index in [-0.39, 0.29) is 16.7 Å². The van der Waals surface area contributed by atoms with Crippen LogP contribution in [0.1, 0.15) is 47.5 Å². The van der Waals surface area contributed by atoms with Crippen LogP contribution in [0, 0.1) is 34.5 Å². The van der Waals surface area contributed by atoms with Gasteiger partial charge in [0.1, 0.15) is 0 Å². The van der Waals surface area contributed by atoms with E-state index in [1.807, 2.05) is 6.92 Å². The molecule has 0 heterocycles. The van der Waals surface area contributed by atoms with Crippen molar-refractivity contribution in [1.82, 2.24) is 0 Å². The van der Waals surface area contributed by atoms with Gasteiger partial charge in [-0.05, 0) is 48.3 Å². The van der Waals surface area contributed by atoms with Crippen molar-refractivity contribution in [2.75, 3.05) is 0 Å². The molecule has 2 nitrogen and oxygen atoms in total. The molecule has 17 heavy (non-hydrogen) atoms. The lowest BCUT2D eigenvalue weighted by molar-refractivity contribution is -0.254. The maximum absolute atomic E-state index is 10.5. The summed E-state index contributed by atoms with van der Waals surface area (Å²) in [5.74, 6) is 1.90. The van der Waals surface area contributed by atoms with Crippen molar-refractivity contribution >= 4 is 0 Å². The lowest BCUT2D eigenvalue weighted by atomic mass is 9.51. The van der Waals surface area contributed by atoms with Crippen LogP contribution in [-0.2, 0) is 0 Å². The van der Waals surface area contributed by atoms with E-state index in [4.69, 9.17) is 0 Å². The summed E-state index contributed by atoms with van der Waals surface area (Å²) in [6.45, 7) is 11.1. The van der Waals surface area contributed by atoms with Gasteiger partial charge in [0.25, 0.3) is 0 Å². The Morgan fingerprint density at radius 2 is 1.65 bits per heavy atom. The van der Waals surface area contributed by atoms with Crippen molar-refractivity contribution in [2.45, 2.75) is 59.2 Å². The van der Waals surface area contributed by atoms with Crippen molar-refractivity contribution < 1.29 is 10.2 Å². The number of hydrogen-bond donors (Lipinski definition) is 2. The Morgan fingerprint density at radius 3 is 2.24 bits per heavy atom. The molecule has 0 saturated heterocycles. The van der Waals surface area contributed by atoms with Crippen LogP contribution in [0.2, 0.25) is 0 Å². The Morgan fingerprint density at radius 1 is 1.06 bits per heavy atom. The molecular formula is C15H26O2. The van der Waals surface area contributed by atoms with Crippen LogP contribution < -0.4 is 0 Å². The van der Waals surface area contributed by atoms with Gasteiger partial charge in [-0.1, -0.05) is 27.7 Å². The smallest absolute Gasteiger partial charge is 0.0917 e. The fourth-order valence-corrected chi connectivity index (χ4v) is 6.22. The monoisotopic (exact) mass is 238 g/mol. The third-order valence-electron chi connectivity index (χ3n) is 7.05. The number of aliphatic hydroxyl groups excluding tert-OH is 1. The highest BCUT2D eigenvalue weighted by molar-refractivity contribution is 5.26. The van der Waals surface area contributed by atoms with Crippen molar-refractivity contribution in [1.29, 1.82) is 0 Å². The Kier molecular flexibility index (Phi) is 2.05. The quantitative estimate of drug-likeness (QED) is 0.680. The molecule has 0 amide bonds. The SMILES string of the molecule is C[C@@H]1CC[C@H]2C(C)(C)C3[C@H](C(O)C3(C)O)[C@]12C. The van der Waals surface area contributed by atoms with E-state index in [0.29, 0.717) is 17.8 Å². The minimum absolute atomic E-state index is 0.160. The highest BCUT2D eigenvalue weighted by Gasteiger charge is 2.77. The van der Waals surface area contributed by atoms with Gasteiger partial charge in [-0.25, -0.2) is 0 Å². The predicted molar refractivity (Wildman–Crippen MR) is 67.4 cm³/mol. The highest BCUT2D eigenvalue weighted by atomic mass is 16.3. The van der Waals surface area contributed by atoms with E-state index in [1.54, 1.807) is 0 Å². The summed E-state index contributed by atoms with van der Waals surface area (Å²) >= 11 is 0. The van der Waals surface area contributed by atoms with E-state index in [0.717, 1.165) is 0 Å². The maximum atomic E-state index is 10.5. The lowest BCUT2D eigenvalue weighted by Crippen LogP contribution is -2.68. The van der Waals surface area contributed by atoms with E-state index in [9.17, 15) is 10.2 Å². The van der Waals surface area contributed by atoms with Gasteiger partial charge in [-0.3, -0.25) is 0 Å². The normalized spacial score (nSPS) is 64.1. The van der Waals surface area contributed by atoms with Crippen molar-refractivity contribution in [3.63, 3.8) is 0 Å². The molecule has 2 N–H and O–H groups in total. The average molecular weight is 238 g/mol. The van der Waals surface area contributed by atoms with Gasteiger partial charge in [0, 0.05) is 5.92 Å². The zero-order chi connectivity index (χ0) is 12.8. The van der Waals surface area contributed by atoms with Gasteiger partial charge in [-0.15, -0.1) is 0 Å². The molecule has 3 rings (SSSR count). The summed E-state index contributed by atoms with van der Waals surface area (Å²) < 4.78 is 0. The topological polar surface area (TPSA) is 40.5 Å². The summed E-state index contributed by atoms with van der Waals surface area (Å²) in [4.78, 5) is 0. The first-order valence-electron chi connectivity index (χ1n) is 7.06. The van der Waals surface area contributed by atoms with Crippen molar-refractivity contribution in [3.05, 3.63) is 0 Å². The first kappa shape index (κ1) is 12.0. The fraction of sp³-hybridized carbons (Fsp3) is 1.00. The van der Waals surface area contributed by atoms with E-state index >= 15 is 0 Å². The van der Waals surface area contributed by atoms with Gasteiger partial charge in [0.2, 0.25) is 0 Å². The number of rotatable bonds is 0. The molecule has 0 aliphatic heterocycles. The average Bonchev–Trinajstić information content (AvgIpc) is 2.59. The van der Waals surface area contributed by atoms with Gasteiger partial charge >= 0.3 is 0 Å². The van der Waals surface area contributed by atoms with Gasteiger partial charge in [-0.2, -0.15) is 0 Å². The number of fused-ring (bicyclic) bond motifs is 3. The second kappa shape index (κ2) is 2.91. The molecule has 3 saturated carbocycles. The minimum atomic E-state index is -0.874. The highest BCUT2D eigenvalue weighted by Crippen LogP contribution is 2.76. The maximum Gasteiger partial charge on any atom is 0.0917 e. The third kappa shape index (κ3) is 1.02. The minimum Gasteiger partial charge on any atom is -0.390 e. The van der Waals surface area contributed by atoms with Crippen LogP contribution in [0.15, 0.2) is 0 Å². The van der Waals surface area contributed by atoms with E-state index < -0.39 is 11.7 Å². The van der Waals surface area contributed by atoms with Crippen LogP contribution in [0.4, 0.5) is 0 Å². The van der Waals surface area contributed by atoms with Gasteiger partial charge < -0.3 is 10.2 Å². The largest absolute Gasteiger partial charge is 0.390 e. The van der Waals surface area contributed by atoms with Crippen LogP contribution in [0.5, 0.6) is 0 Å².